The lowest BCUT2D eigenvalue weighted by molar-refractivity contribution is -0.418. The number of fused-ring (bicyclic) bond motifs is 2. The number of nitrogens with zero attached hydrogens (tertiary/aromatic N) is 1. The maximum absolute atomic E-state index is 12.6. The van der Waals surface area contributed by atoms with Crippen molar-refractivity contribution in [3.05, 3.63) is 71.6 Å². The molecule has 2 aromatic rings. The number of aromatic carboxylic acids is 1. The third-order valence-electron chi connectivity index (χ3n) is 5.74. The summed E-state index contributed by atoms with van der Waals surface area (Å²) in [5.41, 5.74) is 25.7. The number of benzene rings is 3. The van der Waals surface area contributed by atoms with Crippen LogP contribution in [0.15, 0.2) is 70.1 Å². The highest BCUT2D eigenvalue weighted by Gasteiger charge is 2.23. The Labute approximate surface area is 206 Å². The zero-order valence-electron chi connectivity index (χ0n) is 19.4. The van der Waals surface area contributed by atoms with Gasteiger partial charge in [0, 0.05) is 40.9 Å². The molecule has 0 saturated carbocycles. The number of aliphatic imine (C=N–C) groups is 1. The molecule has 1 aliphatic carbocycles. The number of carbonyl (C=O) groups excluding carboxylic acids is 1. The second kappa shape index (κ2) is 10.3. The molecule has 1 amide bonds. The van der Waals surface area contributed by atoms with Crippen LogP contribution in [-0.2, 0) is 4.79 Å². The summed E-state index contributed by atoms with van der Waals surface area (Å²) >= 11 is 0. The number of nitrogens with two attached hydrogens (primary N) is 4. The first kappa shape index (κ1) is 24.4. The van der Waals surface area contributed by atoms with Gasteiger partial charge in [-0.2, -0.15) is 4.99 Å². The van der Waals surface area contributed by atoms with E-state index >= 15 is 0 Å². The predicted octanol–water partition coefficient (Wildman–Crippen LogP) is 0.374. The summed E-state index contributed by atoms with van der Waals surface area (Å²) in [5.74, 6) is -0.962. The van der Waals surface area contributed by atoms with E-state index < -0.39 is 12.0 Å². The first-order valence-electron chi connectivity index (χ1n) is 11.3. The zero-order chi connectivity index (χ0) is 25.8. The standard InChI is InChI=1S/C26H26N6O4/c27-14-7-9-18-21(12-14)36-22-13-15(32-24(33)20(28)6-3-11-31-26(29)30)8-10-19(22)23(18)16-4-1-2-5-17(16)25(34)35/h1-2,4-5,7-10,12-13,20H,3,6,11,27-28H2,(H,34,35)(H4,29,30,31)/p+1/t20-/m0/s1. The van der Waals surface area contributed by atoms with E-state index in [1.54, 1.807) is 60.7 Å². The van der Waals surface area contributed by atoms with E-state index in [1.807, 2.05) is 0 Å². The van der Waals surface area contributed by atoms with Gasteiger partial charge in [0.15, 0.2) is 5.96 Å². The predicted molar refractivity (Wildman–Crippen MR) is 137 cm³/mol. The first-order chi connectivity index (χ1) is 17.2. The van der Waals surface area contributed by atoms with Gasteiger partial charge in [-0.3, -0.25) is 4.99 Å². The average Bonchev–Trinajstić information content (AvgIpc) is 2.84. The van der Waals surface area contributed by atoms with Crippen LogP contribution in [0.4, 0.5) is 5.69 Å². The molecule has 0 unspecified atom stereocenters. The van der Waals surface area contributed by atoms with Crippen molar-refractivity contribution in [1.82, 2.24) is 0 Å². The van der Waals surface area contributed by atoms with Crippen LogP contribution < -0.4 is 33.3 Å². The zero-order valence-corrected chi connectivity index (χ0v) is 19.4. The van der Waals surface area contributed by atoms with Crippen molar-refractivity contribution in [2.24, 2.45) is 22.2 Å². The second-order valence-electron chi connectivity index (χ2n) is 8.34. The van der Waals surface area contributed by atoms with Gasteiger partial charge >= 0.3 is 11.9 Å². The molecule has 10 N–H and O–H groups in total. The van der Waals surface area contributed by atoms with Crippen molar-refractivity contribution < 1.29 is 24.1 Å². The van der Waals surface area contributed by atoms with Gasteiger partial charge in [-0.1, -0.05) is 18.2 Å². The number of guanidine groups is 1. The molecular weight excluding hydrogens is 460 g/mol. The van der Waals surface area contributed by atoms with Crippen LogP contribution in [0.2, 0.25) is 0 Å². The van der Waals surface area contributed by atoms with E-state index in [4.69, 9.17) is 27.4 Å². The molecule has 0 bridgehead atoms. The molecule has 4 rings (SSSR count). The summed E-state index contributed by atoms with van der Waals surface area (Å²) in [4.78, 5) is 31.3. The van der Waals surface area contributed by atoms with Gasteiger partial charge in [0.1, 0.15) is 17.4 Å². The topological polar surface area (TPSA) is 198 Å². The number of carbonyl (C=O) groups is 2. The molecule has 36 heavy (non-hydrogen) atoms. The average molecular weight is 488 g/mol. The summed E-state index contributed by atoms with van der Waals surface area (Å²) < 4.78 is 6.13. The molecule has 2 aromatic carbocycles. The molecule has 1 heterocycles. The van der Waals surface area contributed by atoms with Crippen molar-refractivity contribution in [3.63, 3.8) is 0 Å². The van der Waals surface area contributed by atoms with E-state index in [2.05, 4.69) is 9.98 Å². The minimum Gasteiger partial charge on any atom is -0.478 e. The molecular formula is C26H27N6O4+. The number of nitrogens with one attached hydrogen (secondary N) is 1. The molecule has 184 valence electrons. The smallest absolute Gasteiger partial charge is 0.402 e. The Morgan fingerprint density at radius 1 is 1.03 bits per heavy atom. The fraction of sp³-hybridized carbons (Fsp3) is 0.154. The van der Waals surface area contributed by atoms with E-state index in [-0.39, 0.29) is 17.4 Å². The number of rotatable bonds is 7. The molecule has 0 spiro atoms. The van der Waals surface area contributed by atoms with Crippen molar-refractivity contribution in [2.75, 3.05) is 12.3 Å². The Kier molecular flexibility index (Phi) is 6.98. The number of amides is 1. The highest BCUT2D eigenvalue weighted by molar-refractivity contribution is 6.07. The highest BCUT2D eigenvalue weighted by atomic mass is 16.4. The lowest BCUT2D eigenvalue weighted by atomic mass is 9.91. The van der Waals surface area contributed by atoms with Gasteiger partial charge in [0.2, 0.25) is 5.36 Å². The van der Waals surface area contributed by atoms with Gasteiger partial charge in [-0.25, -0.2) is 9.59 Å². The molecule has 0 radical (unpaired) electrons. The largest absolute Gasteiger partial charge is 0.478 e. The third-order valence-corrected chi connectivity index (χ3v) is 5.74. The third kappa shape index (κ3) is 5.18. The molecule has 0 aromatic heterocycles. The van der Waals surface area contributed by atoms with Gasteiger partial charge in [-0.05, 0) is 42.7 Å². The normalized spacial score (nSPS) is 12.5. The monoisotopic (exact) mass is 487 g/mol. The molecule has 10 heteroatoms. The highest BCUT2D eigenvalue weighted by Crippen LogP contribution is 2.41. The van der Waals surface area contributed by atoms with Crippen LogP contribution in [0, 0.1) is 0 Å². The molecule has 2 aliphatic rings. The van der Waals surface area contributed by atoms with Crippen LogP contribution >= 0.6 is 0 Å². The Morgan fingerprint density at radius 3 is 2.56 bits per heavy atom. The lowest BCUT2D eigenvalue weighted by Crippen LogP contribution is -2.84. The van der Waals surface area contributed by atoms with Crippen molar-refractivity contribution in [3.8, 4) is 22.5 Å². The van der Waals surface area contributed by atoms with Crippen LogP contribution in [0.1, 0.15) is 23.2 Å². The van der Waals surface area contributed by atoms with E-state index in [9.17, 15) is 14.7 Å². The maximum Gasteiger partial charge on any atom is 0.402 e. The Bertz CT molecular complexity index is 1520. The van der Waals surface area contributed by atoms with E-state index in [1.165, 1.54) is 0 Å². The number of anilines is 1. The number of nitrogen functional groups attached to an aromatic ring is 1. The van der Waals surface area contributed by atoms with Gasteiger partial charge in [-0.15, -0.1) is 0 Å². The number of hydrogen-bond donors (Lipinski definition) is 6. The van der Waals surface area contributed by atoms with Crippen LogP contribution in [-0.4, -0.2) is 35.5 Å². The van der Waals surface area contributed by atoms with Crippen molar-refractivity contribution in [1.29, 1.82) is 0 Å². The van der Waals surface area contributed by atoms with Crippen LogP contribution in [0.5, 0.6) is 0 Å². The fourth-order valence-electron chi connectivity index (χ4n) is 4.05. The number of carboxylic acid groups (broad SMARTS) is 1. The molecule has 10 nitrogen and oxygen atoms in total. The van der Waals surface area contributed by atoms with Crippen molar-refractivity contribution >= 4 is 34.5 Å². The Morgan fingerprint density at radius 2 is 1.81 bits per heavy atom. The summed E-state index contributed by atoms with van der Waals surface area (Å²) in [5, 5.41) is 11.0. The summed E-state index contributed by atoms with van der Waals surface area (Å²) in [6.45, 7) is 0.384. The second-order valence-corrected chi connectivity index (χ2v) is 8.34. The SMILES string of the molecule is NC(N)=NCCC[C@H](N)C(=O)[NH+]=c1ccc2c(-c3ccccc3C(=O)O)c3ccc(N)cc3oc-2c1. The van der Waals surface area contributed by atoms with Crippen LogP contribution in [0.25, 0.3) is 33.4 Å². The maximum atomic E-state index is 12.6. The lowest BCUT2D eigenvalue weighted by Gasteiger charge is -2.16. The molecule has 1 atom stereocenters. The van der Waals surface area contributed by atoms with Crippen molar-refractivity contribution in [2.45, 2.75) is 18.9 Å². The molecule has 0 saturated heterocycles. The van der Waals surface area contributed by atoms with E-state index in [0.29, 0.717) is 63.9 Å². The van der Waals surface area contributed by atoms with Crippen LogP contribution in [0.3, 0.4) is 0 Å². The van der Waals surface area contributed by atoms with E-state index in [0.717, 1.165) is 0 Å². The molecule has 1 aliphatic heterocycles. The number of hydrogen-bond acceptors (Lipinski definition) is 6. The minimum absolute atomic E-state index is 0.00688. The summed E-state index contributed by atoms with van der Waals surface area (Å²) in [7, 11) is 0. The summed E-state index contributed by atoms with van der Waals surface area (Å²) in [6.07, 6.45) is 0.958. The van der Waals surface area contributed by atoms with Gasteiger partial charge in [0.05, 0.1) is 11.6 Å². The Hall–Kier alpha value is -4.70. The van der Waals surface area contributed by atoms with Gasteiger partial charge in [0.25, 0.3) is 0 Å². The first-order valence-corrected chi connectivity index (χ1v) is 11.3. The summed E-state index contributed by atoms with van der Waals surface area (Å²) in [6, 6.07) is 16.4. The van der Waals surface area contributed by atoms with Gasteiger partial charge < -0.3 is 32.5 Å². The fourth-order valence-corrected chi connectivity index (χ4v) is 4.05. The molecule has 0 fully saturated rings. The Balaban J connectivity index is 1.81. The minimum atomic E-state index is -1.04. The number of carboxylic acids is 1. The quantitative estimate of drug-likeness (QED) is 0.0706.